The molecule has 98 valence electrons. The van der Waals surface area contributed by atoms with Crippen LogP contribution in [0.5, 0.6) is 0 Å². The molecule has 4 nitrogen and oxygen atoms in total. The second-order valence-corrected chi connectivity index (χ2v) is 4.35. The molecule has 8 heteroatoms. The molecular weight excluding hydrogens is 269 g/mol. The summed E-state index contributed by atoms with van der Waals surface area (Å²) in [6.45, 7) is 1.21. The maximum Gasteiger partial charge on any atom is 0.446 e. The molecule has 1 aromatic rings. The van der Waals surface area contributed by atoms with Crippen molar-refractivity contribution < 1.29 is 22.8 Å². The number of halogens is 3. The van der Waals surface area contributed by atoms with Crippen LogP contribution >= 0.6 is 11.8 Å². The summed E-state index contributed by atoms with van der Waals surface area (Å²) in [5.41, 5.74) is -0.0412. The first-order chi connectivity index (χ1) is 8.28. The van der Waals surface area contributed by atoms with E-state index in [0.717, 1.165) is 0 Å². The molecule has 18 heavy (non-hydrogen) atoms. The van der Waals surface area contributed by atoms with E-state index in [2.05, 4.69) is 10.9 Å². The second-order valence-electron chi connectivity index (χ2n) is 3.21. The predicted octanol–water partition coefficient (Wildman–Crippen LogP) is 2.08. The van der Waals surface area contributed by atoms with E-state index in [1.807, 2.05) is 0 Å². The van der Waals surface area contributed by atoms with Crippen LogP contribution in [-0.2, 0) is 4.79 Å². The van der Waals surface area contributed by atoms with Crippen LogP contribution in [-0.4, -0.2) is 17.3 Å². The Morgan fingerprint density at radius 3 is 2.11 bits per heavy atom. The van der Waals surface area contributed by atoms with Crippen molar-refractivity contribution in [1.29, 1.82) is 0 Å². The Bertz CT molecular complexity index is 445. The number of carbonyl (C=O) groups excluding carboxylic acids is 2. The van der Waals surface area contributed by atoms with Crippen molar-refractivity contribution >= 4 is 23.6 Å². The Balaban J connectivity index is 2.65. The van der Waals surface area contributed by atoms with E-state index >= 15 is 0 Å². The lowest BCUT2D eigenvalue weighted by Crippen LogP contribution is -2.40. The van der Waals surface area contributed by atoms with Gasteiger partial charge in [-0.2, -0.15) is 13.2 Å². The topological polar surface area (TPSA) is 58.2 Å². The summed E-state index contributed by atoms with van der Waals surface area (Å²) in [4.78, 5) is 21.9. The number of rotatable bonds is 2. The zero-order chi connectivity index (χ0) is 13.8. The molecule has 0 radical (unpaired) electrons. The summed E-state index contributed by atoms with van der Waals surface area (Å²) < 4.78 is 36.1. The van der Waals surface area contributed by atoms with Gasteiger partial charge >= 0.3 is 5.51 Å². The van der Waals surface area contributed by atoms with Gasteiger partial charge in [-0.1, -0.05) is 0 Å². The summed E-state index contributed by atoms with van der Waals surface area (Å²) in [5, 5.41) is 0. The number of alkyl halides is 3. The van der Waals surface area contributed by atoms with Crippen LogP contribution in [0.2, 0.25) is 0 Å². The SMILES string of the molecule is CC(=O)NNC(=O)c1ccc(SC(F)(F)F)cc1. The van der Waals surface area contributed by atoms with Crippen molar-refractivity contribution in [2.24, 2.45) is 0 Å². The number of benzene rings is 1. The van der Waals surface area contributed by atoms with E-state index in [4.69, 9.17) is 0 Å². The average molecular weight is 278 g/mol. The lowest BCUT2D eigenvalue weighted by molar-refractivity contribution is -0.119. The van der Waals surface area contributed by atoms with Crippen LogP contribution in [0.15, 0.2) is 29.2 Å². The quantitative estimate of drug-likeness (QED) is 0.643. The molecule has 0 aliphatic rings. The number of hydrogen-bond acceptors (Lipinski definition) is 3. The zero-order valence-electron chi connectivity index (χ0n) is 9.17. The van der Waals surface area contributed by atoms with E-state index in [-0.39, 0.29) is 22.2 Å². The van der Waals surface area contributed by atoms with Crippen LogP contribution < -0.4 is 10.9 Å². The van der Waals surface area contributed by atoms with Gasteiger partial charge in [-0.3, -0.25) is 20.4 Å². The van der Waals surface area contributed by atoms with E-state index in [9.17, 15) is 22.8 Å². The second kappa shape index (κ2) is 5.76. The molecule has 1 rings (SSSR count). The van der Waals surface area contributed by atoms with Crippen molar-refractivity contribution in [3.63, 3.8) is 0 Å². The Hall–Kier alpha value is -1.70. The van der Waals surface area contributed by atoms with Gasteiger partial charge in [0.05, 0.1) is 0 Å². The van der Waals surface area contributed by atoms with E-state index < -0.39 is 17.3 Å². The highest BCUT2D eigenvalue weighted by Gasteiger charge is 2.29. The average Bonchev–Trinajstić information content (AvgIpc) is 2.24. The molecule has 2 amide bonds. The normalized spacial score (nSPS) is 10.9. The van der Waals surface area contributed by atoms with Gasteiger partial charge in [0, 0.05) is 17.4 Å². The molecule has 0 unspecified atom stereocenters. The van der Waals surface area contributed by atoms with Crippen LogP contribution in [0, 0.1) is 0 Å². The summed E-state index contributed by atoms with van der Waals surface area (Å²) in [6.07, 6.45) is 0. The van der Waals surface area contributed by atoms with Crippen molar-refractivity contribution in [2.75, 3.05) is 0 Å². The Morgan fingerprint density at radius 1 is 1.11 bits per heavy atom. The van der Waals surface area contributed by atoms with Gasteiger partial charge in [0.2, 0.25) is 5.91 Å². The molecule has 0 aliphatic carbocycles. The Labute approximate surface area is 105 Å². The molecule has 0 aliphatic heterocycles. The minimum absolute atomic E-state index is 0.0152. The summed E-state index contributed by atoms with van der Waals surface area (Å²) in [6, 6.07) is 4.85. The molecule has 0 saturated carbocycles. The minimum atomic E-state index is -4.36. The third kappa shape index (κ3) is 5.09. The third-order valence-corrected chi connectivity index (χ3v) is 2.44. The number of hydrazine groups is 1. The highest BCUT2D eigenvalue weighted by molar-refractivity contribution is 8.00. The molecule has 1 aromatic carbocycles. The standard InChI is InChI=1S/C10H9F3N2O2S/c1-6(16)14-15-9(17)7-2-4-8(5-3-7)18-10(11,12)13/h2-5H,1H3,(H,14,16)(H,15,17). The monoisotopic (exact) mass is 278 g/mol. The van der Waals surface area contributed by atoms with Gasteiger partial charge in [0.25, 0.3) is 5.91 Å². The predicted molar refractivity (Wildman–Crippen MR) is 59.6 cm³/mol. The number of hydrogen-bond donors (Lipinski definition) is 2. The number of nitrogens with one attached hydrogen (secondary N) is 2. The lowest BCUT2D eigenvalue weighted by atomic mass is 10.2. The highest BCUT2D eigenvalue weighted by Crippen LogP contribution is 2.36. The first kappa shape index (κ1) is 14.4. The minimum Gasteiger partial charge on any atom is -0.274 e. The van der Waals surface area contributed by atoms with Gasteiger partial charge < -0.3 is 0 Å². The van der Waals surface area contributed by atoms with Gasteiger partial charge in [-0.15, -0.1) is 0 Å². The van der Waals surface area contributed by atoms with Gasteiger partial charge in [-0.25, -0.2) is 0 Å². The van der Waals surface area contributed by atoms with Crippen molar-refractivity contribution in [1.82, 2.24) is 10.9 Å². The highest BCUT2D eigenvalue weighted by atomic mass is 32.2. The fourth-order valence-corrected chi connectivity index (χ4v) is 1.56. The van der Waals surface area contributed by atoms with Crippen LogP contribution in [0.3, 0.4) is 0 Å². The molecule has 0 heterocycles. The van der Waals surface area contributed by atoms with Crippen molar-refractivity contribution in [3.8, 4) is 0 Å². The summed E-state index contributed by atoms with van der Waals surface area (Å²) in [7, 11) is 0. The Morgan fingerprint density at radius 2 is 1.67 bits per heavy atom. The third-order valence-electron chi connectivity index (χ3n) is 1.70. The number of amides is 2. The van der Waals surface area contributed by atoms with E-state index in [1.165, 1.54) is 31.2 Å². The van der Waals surface area contributed by atoms with E-state index in [0.29, 0.717) is 0 Å². The van der Waals surface area contributed by atoms with Gasteiger partial charge in [0.1, 0.15) is 0 Å². The van der Waals surface area contributed by atoms with Crippen molar-refractivity contribution in [2.45, 2.75) is 17.3 Å². The molecule has 0 aromatic heterocycles. The van der Waals surface area contributed by atoms with Crippen LogP contribution in [0.25, 0.3) is 0 Å². The maximum absolute atomic E-state index is 12.0. The van der Waals surface area contributed by atoms with Crippen LogP contribution in [0.1, 0.15) is 17.3 Å². The number of carbonyl (C=O) groups is 2. The first-order valence-corrected chi connectivity index (χ1v) is 5.52. The summed E-state index contributed by atoms with van der Waals surface area (Å²) in [5.74, 6) is -1.05. The molecule has 0 saturated heterocycles. The fraction of sp³-hybridized carbons (Fsp3) is 0.200. The lowest BCUT2D eigenvalue weighted by Gasteiger charge is -2.07. The molecule has 0 spiro atoms. The maximum atomic E-state index is 12.0. The summed E-state index contributed by atoms with van der Waals surface area (Å²) >= 11 is -0.262. The first-order valence-electron chi connectivity index (χ1n) is 4.70. The molecule has 2 N–H and O–H groups in total. The van der Waals surface area contributed by atoms with Gasteiger partial charge in [0.15, 0.2) is 0 Å². The zero-order valence-corrected chi connectivity index (χ0v) is 9.98. The molecule has 0 atom stereocenters. The smallest absolute Gasteiger partial charge is 0.274 e. The molecule has 0 fully saturated rings. The van der Waals surface area contributed by atoms with Gasteiger partial charge in [-0.05, 0) is 36.0 Å². The van der Waals surface area contributed by atoms with E-state index in [1.54, 1.807) is 0 Å². The molecule has 0 bridgehead atoms. The molecular formula is C10H9F3N2O2S. The fourth-order valence-electron chi connectivity index (χ4n) is 1.02. The Kier molecular flexibility index (Phi) is 4.60. The number of thioether (sulfide) groups is 1. The van der Waals surface area contributed by atoms with Crippen LogP contribution in [0.4, 0.5) is 13.2 Å². The largest absolute Gasteiger partial charge is 0.446 e. The van der Waals surface area contributed by atoms with Crippen molar-refractivity contribution in [3.05, 3.63) is 29.8 Å².